The third-order valence-corrected chi connectivity index (χ3v) is 5.52. The maximum Gasteiger partial charge on any atom is 0.409 e. The van der Waals surface area contributed by atoms with Crippen molar-refractivity contribution < 1.29 is 22.6 Å². The predicted molar refractivity (Wildman–Crippen MR) is 113 cm³/mol. The number of nitrogens with zero attached hydrogens (tertiary/aromatic N) is 5. The first-order valence-electron chi connectivity index (χ1n) is 10.6. The largest absolute Gasteiger partial charge is 0.475 e. The highest BCUT2D eigenvalue weighted by molar-refractivity contribution is 5.61. The van der Waals surface area contributed by atoms with Crippen molar-refractivity contribution in [3.05, 3.63) is 34.7 Å². The molecule has 1 saturated heterocycles. The second kappa shape index (κ2) is 8.61. The summed E-state index contributed by atoms with van der Waals surface area (Å²) in [5.74, 6) is 0.613. The molecule has 0 bridgehead atoms. The molecule has 2 aliphatic rings. The van der Waals surface area contributed by atoms with Crippen LogP contribution in [0.3, 0.4) is 0 Å². The summed E-state index contributed by atoms with van der Waals surface area (Å²) in [6, 6.07) is 2.53. The van der Waals surface area contributed by atoms with Crippen LogP contribution in [0.25, 0.3) is 0 Å². The summed E-state index contributed by atoms with van der Waals surface area (Å²) in [4.78, 5) is 24.5. The number of ether oxygens (including phenoxy) is 2. The van der Waals surface area contributed by atoms with Crippen LogP contribution in [0.1, 0.15) is 27.2 Å². The molecule has 1 fully saturated rings. The lowest BCUT2D eigenvalue weighted by Gasteiger charge is -2.40. The second-order valence-electron chi connectivity index (χ2n) is 8.26. The Morgan fingerprint density at radius 3 is 2.66 bits per heavy atom. The van der Waals surface area contributed by atoms with Crippen molar-refractivity contribution in [2.45, 2.75) is 58.1 Å². The summed E-state index contributed by atoms with van der Waals surface area (Å²) in [6.45, 7) is 6.94. The number of rotatable bonds is 4. The Balaban J connectivity index is 1.80. The van der Waals surface area contributed by atoms with Gasteiger partial charge in [0, 0.05) is 25.2 Å². The zero-order chi connectivity index (χ0) is 23.0. The molecule has 8 nitrogen and oxygen atoms in total. The molecule has 0 N–H and O–H groups in total. The molecule has 174 valence electrons. The van der Waals surface area contributed by atoms with E-state index in [9.17, 15) is 18.0 Å². The van der Waals surface area contributed by atoms with E-state index in [1.54, 1.807) is 0 Å². The lowest BCUT2D eigenvalue weighted by atomic mass is 10.1. The number of aromatic nitrogens is 3. The predicted octanol–water partition coefficient (Wildman–Crippen LogP) is 3.12. The first kappa shape index (κ1) is 22.4. The monoisotopic (exact) mass is 453 g/mol. The van der Waals surface area contributed by atoms with E-state index in [-0.39, 0.29) is 42.3 Å². The molecule has 2 atom stereocenters. The molecule has 0 aromatic carbocycles. The van der Waals surface area contributed by atoms with Crippen molar-refractivity contribution in [1.82, 2.24) is 14.5 Å². The fourth-order valence-corrected chi connectivity index (χ4v) is 4.04. The van der Waals surface area contributed by atoms with Gasteiger partial charge in [-0.2, -0.15) is 18.2 Å². The van der Waals surface area contributed by atoms with Crippen molar-refractivity contribution in [3.8, 4) is 5.88 Å². The van der Waals surface area contributed by atoms with Crippen molar-refractivity contribution in [2.75, 3.05) is 29.6 Å². The fraction of sp³-hybridized carbons (Fsp3) is 0.571. The third-order valence-electron chi connectivity index (χ3n) is 5.52. The van der Waals surface area contributed by atoms with Gasteiger partial charge in [-0.05, 0) is 33.3 Å². The van der Waals surface area contributed by atoms with E-state index in [0.717, 1.165) is 4.90 Å². The summed E-state index contributed by atoms with van der Waals surface area (Å²) in [5, 5.41) is 0. The van der Waals surface area contributed by atoms with Gasteiger partial charge in [0.1, 0.15) is 11.9 Å². The topological polar surface area (TPSA) is 72.7 Å². The van der Waals surface area contributed by atoms with Crippen molar-refractivity contribution in [2.24, 2.45) is 0 Å². The van der Waals surface area contributed by atoms with Crippen molar-refractivity contribution >= 4 is 17.5 Å². The van der Waals surface area contributed by atoms with Gasteiger partial charge >= 0.3 is 6.18 Å². The maximum absolute atomic E-state index is 14.0. The third kappa shape index (κ3) is 4.38. The number of hydrogen-bond donors (Lipinski definition) is 0. The first-order chi connectivity index (χ1) is 15.1. The highest BCUT2D eigenvalue weighted by atomic mass is 19.4. The smallest absolute Gasteiger partial charge is 0.409 e. The standard InChI is InChI=1S/C21H26F3N5O3/c1-13(2)32-18-5-4-15(11-25-18)29-16(21(22,23)24)6-7-28-19(30)10-17(26-20(28)29)27-8-9-31-12-14(27)3/h4-5,10-11,13-14,16H,6-9,12H2,1-3H3. The molecule has 2 unspecified atom stereocenters. The summed E-state index contributed by atoms with van der Waals surface area (Å²) < 4.78 is 54.3. The van der Waals surface area contributed by atoms with Crippen LogP contribution in [-0.4, -0.2) is 58.7 Å². The minimum atomic E-state index is -4.52. The molecule has 0 aliphatic carbocycles. The van der Waals surface area contributed by atoms with Gasteiger partial charge < -0.3 is 14.4 Å². The quantitative estimate of drug-likeness (QED) is 0.704. The van der Waals surface area contributed by atoms with Crippen molar-refractivity contribution in [1.29, 1.82) is 0 Å². The van der Waals surface area contributed by atoms with Crippen molar-refractivity contribution in [3.63, 3.8) is 0 Å². The number of halogens is 3. The number of alkyl halides is 3. The van der Waals surface area contributed by atoms with Gasteiger partial charge in [-0.1, -0.05) is 0 Å². The van der Waals surface area contributed by atoms with E-state index in [2.05, 4.69) is 9.97 Å². The Kier molecular flexibility index (Phi) is 6.02. The Morgan fingerprint density at radius 1 is 1.25 bits per heavy atom. The molecular formula is C21H26F3N5O3. The molecule has 11 heteroatoms. The summed E-state index contributed by atoms with van der Waals surface area (Å²) in [5.41, 5.74) is -0.196. The highest BCUT2D eigenvalue weighted by Gasteiger charge is 2.47. The van der Waals surface area contributed by atoms with Gasteiger partial charge in [-0.15, -0.1) is 0 Å². The number of fused-ring (bicyclic) bond motifs is 1. The summed E-state index contributed by atoms with van der Waals surface area (Å²) in [7, 11) is 0. The van der Waals surface area contributed by atoms with E-state index >= 15 is 0 Å². The number of anilines is 3. The Morgan fingerprint density at radius 2 is 2.03 bits per heavy atom. The maximum atomic E-state index is 14.0. The molecule has 0 radical (unpaired) electrons. The SMILES string of the molecule is CC(C)Oc1ccc(N2c3nc(N4CCOCC4C)cc(=O)n3CCC2C(F)(F)F)cn1. The van der Waals surface area contributed by atoms with E-state index in [0.29, 0.717) is 31.5 Å². The highest BCUT2D eigenvalue weighted by Crippen LogP contribution is 2.39. The van der Waals surface area contributed by atoms with E-state index in [1.807, 2.05) is 25.7 Å². The number of morpholine rings is 1. The fourth-order valence-electron chi connectivity index (χ4n) is 4.04. The minimum absolute atomic E-state index is 0.0425. The summed E-state index contributed by atoms with van der Waals surface area (Å²) in [6.07, 6.45) is -3.58. The molecular weight excluding hydrogens is 427 g/mol. The molecule has 4 rings (SSSR count). The second-order valence-corrected chi connectivity index (χ2v) is 8.26. The molecule has 4 heterocycles. The van der Waals surface area contributed by atoms with Gasteiger partial charge in [0.05, 0.1) is 37.2 Å². The lowest BCUT2D eigenvalue weighted by Crippen LogP contribution is -2.51. The Bertz CT molecular complexity index is 1010. The zero-order valence-electron chi connectivity index (χ0n) is 18.2. The molecule has 0 amide bonds. The molecule has 2 aromatic rings. The van der Waals surface area contributed by atoms with Crippen LogP contribution < -0.4 is 20.1 Å². The average Bonchev–Trinajstić information content (AvgIpc) is 2.73. The van der Waals surface area contributed by atoms with Gasteiger partial charge in [-0.3, -0.25) is 14.3 Å². The normalized spacial score (nSPS) is 21.6. The van der Waals surface area contributed by atoms with E-state index < -0.39 is 12.2 Å². The average molecular weight is 453 g/mol. The van der Waals surface area contributed by atoms with Crippen LogP contribution in [0.15, 0.2) is 29.2 Å². The molecule has 0 spiro atoms. The van der Waals surface area contributed by atoms with E-state index in [1.165, 1.54) is 29.0 Å². The van der Waals surface area contributed by atoms with Crippen LogP contribution in [0.2, 0.25) is 0 Å². The molecule has 2 aromatic heterocycles. The van der Waals surface area contributed by atoms with Gasteiger partial charge in [0.2, 0.25) is 11.8 Å². The number of pyridine rings is 1. The molecule has 0 saturated carbocycles. The summed E-state index contributed by atoms with van der Waals surface area (Å²) >= 11 is 0. The van der Waals surface area contributed by atoms with Crippen LogP contribution in [0.4, 0.5) is 30.6 Å². The van der Waals surface area contributed by atoms with Gasteiger partial charge in [0.15, 0.2) is 0 Å². The van der Waals surface area contributed by atoms with E-state index in [4.69, 9.17) is 9.47 Å². The lowest BCUT2D eigenvalue weighted by molar-refractivity contribution is -0.150. The molecule has 32 heavy (non-hydrogen) atoms. The van der Waals surface area contributed by atoms with Gasteiger partial charge in [0.25, 0.3) is 5.56 Å². The first-order valence-corrected chi connectivity index (χ1v) is 10.6. The van der Waals surface area contributed by atoms with Gasteiger partial charge in [-0.25, -0.2) is 4.98 Å². The Labute approximate surface area is 183 Å². The zero-order valence-corrected chi connectivity index (χ0v) is 18.2. The van der Waals surface area contributed by atoms with Crippen LogP contribution in [0.5, 0.6) is 5.88 Å². The molecule has 2 aliphatic heterocycles. The number of hydrogen-bond acceptors (Lipinski definition) is 7. The van der Waals surface area contributed by atoms with Crippen LogP contribution in [-0.2, 0) is 11.3 Å². The van der Waals surface area contributed by atoms with Crippen LogP contribution in [0, 0.1) is 0 Å². The minimum Gasteiger partial charge on any atom is -0.475 e. The Hall–Kier alpha value is -2.82. The van der Waals surface area contributed by atoms with Crippen LogP contribution >= 0.6 is 0 Å².